The summed E-state index contributed by atoms with van der Waals surface area (Å²) in [5, 5.41) is 35.4. The zero-order valence-electron chi connectivity index (χ0n) is 29.4. The first kappa shape index (κ1) is 36.5. The molecule has 0 radical (unpaired) electrons. The standard InChI is InChI=1S/C42H41ClN4O5/c1-26-32(6-4-8-36(26)37-9-5-7-35(27(37)2)31-11-10-30-12-13-45-21-33(30)15-31)24-52-40-17-39(51-23-29-14-28(18-44)19-46-20-29)34(16-38(40)43)22-47-42(3,25-48)41(49)50/h4-11,14-17,19-20,45,47-48H,12-13,21-25H2,1-3H3,(H,49,50)/t42-/m0/s1. The van der Waals surface area contributed by atoms with Gasteiger partial charge in [0.25, 0.3) is 0 Å². The maximum Gasteiger partial charge on any atom is 0.326 e. The number of fused-ring (bicyclic) bond motifs is 1. The largest absolute Gasteiger partial charge is 0.488 e. The predicted octanol–water partition coefficient (Wildman–Crippen LogP) is 7.29. The first-order valence-electron chi connectivity index (χ1n) is 17.1. The average molecular weight is 717 g/mol. The van der Waals surface area contributed by atoms with Crippen LogP contribution in [0.2, 0.25) is 5.02 Å². The summed E-state index contributed by atoms with van der Waals surface area (Å²) in [6.07, 6.45) is 4.13. The number of aliphatic hydroxyl groups excluding tert-OH is 1. The van der Waals surface area contributed by atoms with E-state index in [2.05, 4.69) is 78.0 Å². The highest BCUT2D eigenvalue weighted by atomic mass is 35.5. The van der Waals surface area contributed by atoms with Gasteiger partial charge in [-0.15, -0.1) is 0 Å². The molecule has 0 aliphatic carbocycles. The highest BCUT2D eigenvalue weighted by Crippen LogP contribution is 2.37. The highest BCUT2D eigenvalue weighted by molar-refractivity contribution is 6.32. The fraction of sp³-hybridized carbons (Fsp3) is 0.262. The molecule has 1 atom stereocenters. The number of benzene rings is 4. The number of aliphatic hydroxyl groups is 1. The smallest absolute Gasteiger partial charge is 0.326 e. The van der Waals surface area contributed by atoms with Gasteiger partial charge in [-0.3, -0.25) is 15.1 Å². The lowest BCUT2D eigenvalue weighted by molar-refractivity contribution is -0.145. The lowest BCUT2D eigenvalue weighted by Gasteiger charge is -2.25. The summed E-state index contributed by atoms with van der Waals surface area (Å²) in [6.45, 7) is 7.33. The molecule has 1 aliphatic heterocycles. The molecular weight excluding hydrogens is 676 g/mol. The molecule has 1 aliphatic rings. The Labute approximate surface area is 308 Å². The van der Waals surface area contributed by atoms with Gasteiger partial charge in [0.1, 0.15) is 36.3 Å². The van der Waals surface area contributed by atoms with Gasteiger partial charge in [-0.2, -0.15) is 5.26 Å². The number of hydrogen-bond acceptors (Lipinski definition) is 8. The summed E-state index contributed by atoms with van der Waals surface area (Å²) in [5.74, 6) is -0.410. The summed E-state index contributed by atoms with van der Waals surface area (Å²) >= 11 is 6.75. The van der Waals surface area contributed by atoms with Crippen molar-refractivity contribution < 1.29 is 24.5 Å². The number of nitrogens with zero attached hydrogens (tertiary/aromatic N) is 2. The van der Waals surface area contributed by atoms with E-state index in [9.17, 15) is 20.3 Å². The number of nitriles is 1. The molecule has 2 heterocycles. The number of carboxylic acids is 1. The molecule has 10 heteroatoms. The first-order valence-corrected chi connectivity index (χ1v) is 17.5. The van der Waals surface area contributed by atoms with Gasteiger partial charge in [-0.25, -0.2) is 0 Å². The zero-order valence-corrected chi connectivity index (χ0v) is 30.2. The number of aromatic nitrogens is 1. The number of aliphatic carboxylic acids is 1. The minimum absolute atomic E-state index is 0.0388. The Morgan fingerprint density at radius 3 is 2.46 bits per heavy atom. The van der Waals surface area contributed by atoms with Crippen LogP contribution in [0, 0.1) is 25.2 Å². The Bertz CT molecular complexity index is 2160. The third kappa shape index (κ3) is 7.96. The molecule has 5 aromatic rings. The van der Waals surface area contributed by atoms with Crippen LogP contribution in [0.1, 0.15) is 51.4 Å². The topological polar surface area (TPSA) is 137 Å². The second kappa shape index (κ2) is 16.0. The molecule has 266 valence electrons. The van der Waals surface area contributed by atoms with Crippen molar-refractivity contribution in [3.8, 4) is 39.8 Å². The quantitative estimate of drug-likeness (QED) is 0.0991. The van der Waals surface area contributed by atoms with E-state index in [1.165, 1.54) is 40.9 Å². The van der Waals surface area contributed by atoms with Crippen LogP contribution in [-0.2, 0) is 37.5 Å². The van der Waals surface area contributed by atoms with Gasteiger partial charge < -0.3 is 25.0 Å². The Balaban J connectivity index is 1.26. The van der Waals surface area contributed by atoms with Crippen LogP contribution in [0.25, 0.3) is 22.3 Å². The molecule has 52 heavy (non-hydrogen) atoms. The Morgan fingerprint density at radius 1 is 0.942 bits per heavy atom. The lowest BCUT2D eigenvalue weighted by atomic mass is 9.88. The number of carboxylic acid groups (broad SMARTS) is 1. The number of ether oxygens (including phenoxy) is 2. The van der Waals surface area contributed by atoms with Crippen LogP contribution in [0.3, 0.4) is 0 Å². The molecule has 0 fully saturated rings. The number of nitrogens with one attached hydrogen (secondary N) is 2. The van der Waals surface area contributed by atoms with Gasteiger partial charge in [0.15, 0.2) is 0 Å². The van der Waals surface area contributed by atoms with Crippen LogP contribution in [0.15, 0.2) is 85.2 Å². The van der Waals surface area contributed by atoms with Crippen molar-refractivity contribution in [3.63, 3.8) is 0 Å². The van der Waals surface area contributed by atoms with Crippen LogP contribution in [-0.4, -0.2) is 39.9 Å². The maximum atomic E-state index is 11.8. The first-order chi connectivity index (χ1) is 25.1. The molecule has 0 spiro atoms. The lowest BCUT2D eigenvalue weighted by Crippen LogP contribution is -2.52. The maximum absolute atomic E-state index is 11.8. The molecule has 0 unspecified atom stereocenters. The number of pyridine rings is 1. The van der Waals surface area contributed by atoms with Crippen LogP contribution >= 0.6 is 11.6 Å². The fourth-order valence-corrected chi connectivity index (χ4v) is 6.65. The number of carbonyl (C=O) groups is 1. The van der Waals surface area contributed by atoms with Crippen molar-refractivity contribution in [2.45, 2.75) is 59.0 Å². The van der Waals surface area contributed by atoms with Gasteiger partial charge in [-0.05, 0) is 102 Å². The van der Waals surface area contributed by atoms with E-state index < -0.39 is 18.1 Å². The van der Waals surface area contributed by atoms with Gasteiger partial charge in [0.05, 0.1) is 17.2 Å². The number of rotatable bonds is 13. The second-order valence-corrected chi connectivity index (χ2v) is 13.7. The number of hydrogen-bond donors (Lipinski definition) is 4. The average Bonchev–Trinajstić information content (AvgIpc) is 3.16. The summed E-state index contributed by atoms with van der Waals surface area (Å²) < 4.78 is 12.5. The molecule has 4 aromatic carbocycles. The Hall–Kier alpha value is -5.24. The summed E-state index contributed by atoms with van der Waals surface area (Å²) in [7, 11) is 0. The van der Waals surface area contributed by atoms with E-state index in [0.717, 1.165) is 41.8 Å². The predicted molar refractivity (Wildman–Crippen MR) is 201 cm³/mol. The molecule has 0 saturated heterocycles. The van der Waals surface area contributed by atoms with Gasteiger partial charge in [0.2, 0.25) is 0 Å². The van der Waals surface area contributed by atoms with Crippen LogP contribution in [0.5, 0.6) is 11.5 Å². The molecule has 0 saturated carbocycles. The molecule has 9 nitrogen and oxygen atoms in total. The second-order valence-electron chi connectivity index (χ2n) is 13.3. The summed E-state index contributed by atoms with van der Waals surface area (Å²) in [4.78, 5) is 15.9. The zero-order chi connectivity index (χ0) is 36.8. The van der Waals surface area contributed by atoms with Crippen molar-refractivity contribution >= 4 is 17.6 Å². The van der Waals surface area contributed by atoms with Gasteiger partial charge >= 0.3 is 5.97 Å². The minimum Gasteiger partial charge on any atom is -0.488 e. The third-order valence-corrected chi connectivity index (χ3v) is 10.0. The van der Waals surface area contributed by atoms with Crippen LogP contribution < -0.4 is 20.1 Å². The van der Waals surface area contributed by atoms with Crippen molar-refractivity contribution in [3.05, 3.63) is 135 Å². The van der Waals surface area contributed by atoms with Crippen molar-refractivity contribution in [2.24, 2.45) is 0 Å². The summed E-state index contributed by atoms with van der Waals surface area (Å²) in [5.41, 5.74) is 10.8. The molecule has 4 N–H and O–H groups in total. The SMILES string of the molecule is Cc1c(COc2cc(OCc3cncc(C#N)c3)c(CN[C@@](C)(CO)C(=O)O)cc2Cl)cccc1-c1cccc(-c2ccc3c(c2)CNCC3)c1C. The minimum atomic E-state index is -1.58. The molecule has 6 rings (SSSR count). The third-order valence-electron chi connectivity index (χ3n) is 9.75. The van der Waals surface area contributed by atoms with Gasteiger partial charge in [-0.1, -0.05) is 60.1 Å². The van der Waals surface area contributed by atoms with E-state index >= 15 is 0 Å². The van der Waals surface area contributed by atoms with E-state index in [0.29, 0.717) is 33.2 Å². The van der Waals surface area contributed by atoms with E-state index in [-0.39, 0.29) is 19.8 Å². The van der Waals surface area contributed by atoms with Crippen molar-refractivity contribution in [1.82, 2.24) is 15.6 Å². The van der Waals surface area contributed by atoms with Gasteiger partial charge in [0, 0.05) is 42.7 Å². The Kier molecular flexibility index (Phi) is 11.2. The normalized spacial score (nSPS) is 13.5. The Morgan fingerprint density at radius 2 is 1.69 bits per heavy atom. The van der Waals surface area contributed by atoms with Crippen molar-refractivity contribution in [2.75, 3.05) is 13.2 Å². The number of halogens is 1. The monoisotopic (exact) mass is 716 g/mol. The van der Waals surface area contributed by atoms with Crippen molar-refractivity contribution in [1.29, 1.82) is 5.26 Å². The van der Waals surface area contributed by atoms with E-state index in [1.807, 2.05) is 12.1 Å². The molecule has 0 amide bonds. The summed E-state index contributed by atoms with van der Waals surface area (Å²) in [6, 6.07) is 26.6. The van der Waals surface area contributed by atoms with Crippen LogP contribution in [0.4, 0.5) is 0 Å². The molecule has 1 aromatic heterocycles. The fourth-order valence-electron chi connectivity index (χ4n) is 6.41. The molecule has 0 bridgehead atoms. The highest BCUT2D eigenvalue weighted by Gasteiger charge is 2.32. The van der Waals surface area contributed by atoms with E-state index in [4.69, 9.17) is 21.1 Å². The molecular formula is C42H41ClN4O5. The van der Waals surface area contributed by atoms with E-state index in [1.54, 1.807) is 24.4 Å².